The first-order chi connectivity index (χ1) is 13.0. The molecule has 0 fully saturated rings. The van der Waals surface area contributed by atoms with Crippen LogP contribution in [0, 0.1) is 11.3 Å². The number of amides is 1. The van der Waals surface area contributed by atoms with E-state index in [0.29, 0.717) is 5.92 Å². The first kappa shape index (κ1) is 26.5. The maximum absolute atomic E-state index is 12.0. The molecule has 0 aromatic heterocycles. The first-order valence-electron chi connectivity index (χ1n) is 12.3. The van der Waals surface area contributed by atoms with Crippen molar-refractivity contribution in [2.45, 2.75) is 143 Å². The fourth-order valence-electron chi connectivity index (χ4n) is 4.12. The lowest BCUT2D eigenvalue weighted by molar-refractivity contribution is -0.129. The zero-order valence-electron chi connectivity index (χ0n) is 19.3. The predicted octanol–water partition coefficient (Wildman–Crippen LogP) is 8.18. The minimum Gasteiger partial charge on any atom is -0.369 e. The van der Waals surface area contributed by atoms with Gasteiger partial charge in [0.1, 0.15) is 0 Å². The first-order valence-corrected chi connectivity index (χ1v) is 12.3. The fourth-order valence-corrected chi connectivity index (χ4v) is 4.12. The van der Waals surface area contributed by atoms with Crippen LogP contribution < -0.4 is 5.73 Å². The van der Waals surface area contributed by atoms with E-state index in [2.05, 4.69) is 27.7 Å². The van der Waals surface area contributed by atoms with Crippen LogP contribution in [0.3, 0.4) is 0 Å². The van der Waals surface area contributed by atoms with Crippen LogP contribution in [0.2, 0.25) is 0 Å². The van der Waals surface area contributed by atoms with Crippen molar-refractivity contribution in [2.24, 2.45) is 17.1 Å². The van der Waals surface area contributed by atoms with Crippen LogP contribution in [0.4, 0.5) is 0 Å². The molecule has 0 aromatic carbocycles. The lowest BCUT2D eigenvalue weighted by atomic mass is 9.73. The summed E-state index contributed by atoms with van der Waals surface area (Å²) in [7, 11) is 0. The Hall–Kier alpha value is -0.530. The maximum atomic E-state index is 12.0. The van der Waals surface area contributed by atoms with Crippen molar-refractivity contribution in [3.63, 3.8) is 0 Å². The van der Waals surface area contributed by atoms with Gasteiger partial charge in [0.05, 0.1) is 0 Å². The average Bonchev–Trinajstić information content (AvgIpc) is 2.63. The Balaban J connectivity index is 4.01. The summed E-state index contributed by atoms with van der Waals surface area (Å²) in [6.45, 7) is 8.67. The van der Waals surface area contributed by atoms with Crippen LogP contribution >= 0.6 is 0 Å². The van der Waals surface area contributed by atoms with E-state index < -0.39 is 0 Å². The van der Waals surface area contributed by atoms with Crippen molar-refractivity contribution in [1.82, 2.24) is 0 Å². The third kappa shape index (κ3) is 14.2. The van der Waals surface area contributed by atoms with E-state index in [1.807, 2.05) is 0 Å². The highest BCUT2D eigenvalue weighted by molar-refractivity contribution is 5.80. The Labute approximate surface area is 171 Å². The number of carbonyl (C=O) groups is 1. The van der Waals surface area contributed by atoms with Crippen molar-refractivity contribution in [3.05, 3.63) is 0 Å². The largest absolute Gasteiger partial charge is 0.369 e. The summed E-state index contributed by atoms with van der Waals surface area (Å²) in [5.74, 6) is 0.335. The standard InChI is InChI=1S/C25H51NO/c1-5-7-9-11-13-15-17-19-21-23(25(3,4)24(26)27)22-20-18-16-14-12-10-8-6-2/h23H,5-22H2,1-4H3,(H2,26,27). The molecule has 0 radical (unpaired) electrons. The molecule has 0 atom stereocenters. The SMILES string of the molecule is CCCCCCCCCCC(CCCCCCCCCC)C(C)(C)C(N)=O. The van der Waals surface area contributed by atoms with Gasteiger partial charge < -0.3 is 5.73 Å². The number of primary amides is 1. The van der Waals surface area contributed by atoms with E-state index in [-0.39, 0.29) is 11.3 Å². The Morgan fingerprint density at radius 2 is 0.926 bits per heavy atom. The highest BCUT2D eigenvalue weighted by Gasteiger charge is 2.33. The van der Waals surface area contributed by atoms with Gasteiger partial charge >= 0.3 is 0 Å². The van der Waals surface area contributed by atoms with E-state index >= 15 is 0 Å². The molecule has 27 heavy (non-hydrogen) atoms. The van der Waals surface area contributed by atoms with Crippen LogP contribution in [-0.2, 0) is 4.79 Å². The molecule has 1 amide bonds. The van der Waals surface area contributed by atoms with Crippen LogP contribution in [0.5, 0.6) is 0 Å². The molecular weight excluding hydrogens is 330 g/mol. The van der Waals surface area contributed by atoms with Crippen LogP contribution in [0.15, 0.2) is 0 Å². The van der Waals surface area contributed by atoms with E-state index in [1.54, 1.807) is 0 Å². The second kappa shape index (κ2) is 17.6. The average molecular weight is 382 g/mol. The van der Waals surface area contributed by atoms with Gasteiger partial charge in [-0.05, 0) is 18.8 Å². The summed E-state index contributed by atoms with van der Waals surface area (Å²) in [5.41, 5.74) is 5.37. The third-order valence-corrected chi connectivity index (χ3v) is 6.47. The number of hydrogen-bond acceptors (Lipinski definition) is 1. The molecule has 0 bridgehead atoms. The minimum atomic E-state index is -0.359. The number of carbonyl (C=O) groups excluding carboxylic acids is 1. The van der Waals surface area contributed by atoms with E-state index in [9.17, 15) is 4.79 Å². The Morgan fingerprint density at radius 1 is 0.630 bits per heavy atom. The molecule has 0 saturated heterocycles. The van der Waals surface area contributed by atoms with Crippen molar-refractivity contribution in [1.29, 1.82) is 0 Å². The summed E-state index contributed by atoms with van der Waals surface area (Å²) in [5, 5.41) is 0. The number of hydrogen-bond donors (Lipinski definition) is 1. The number of nitrogens with two attached hydrogens (primary N) is 1. The topological polar surface area (TPSA) is 43.1 Å². The predicted molar refractivity (Wildman–Crippen MR) is 121 cm³/mol. The summed E-state index contributed by atoms with van der Waals surface area (Å²) in [6.07, 6.45) is 23.9. The molecule has 2 N–H and O–H groups in total. The van der Waals surface area contributed by atoms with Gasteiger partial charge in [-0.1, -0.05) is 130 Å². The van der Waals surface area contributed by atoms with E-state index in [1.165, 1.54) is 116 Å². The molecule has 0 unspecified atom stereocenters. The lowest BCUT2D eigenvalue weighted by Crippen LogP contribution is -2.38. The summed E-state index contributed by atoms with van der Waals surface area (Å²) < 4.78 is 0. The van der Waals surface area contributed by atoms with E-state index in [4.69, 9.17) is 5.73 Å². The molecular formula is C25H51NO. The molecule has 0 spiro atoms. The zero-order valence-corrected chi connectivity index (χ0v) is 19.3. The smallest absolute Gasteiger partial charge is 0.223 e. The van der Waals surface area contributed by atoms with Crippen LogP contribution in [-0.4, -0.2) is 5.91 Å². The highest BCUT2D eigenvalue weighted by Crippen LogP contribution is 2.35. The van der Waals surface area contributed by atoms with Gasteiger partial charge in [-0.3, -0.25) is 4.79 Å². The van der Waals surface area contributed by atoms with Crippen molar-refractivity contribution in [3.8, 4) is 0 Å². The molecule has 0 aliphatic carbocycles. The van der Waals surface area contributed by atoms with Gasteiger partial charge in [-0.15, -0.1) is 0 Å². The third-order valence-electron chi connectivity index (χ3n) is 6.47. The molecule has 162 valence electrons. The van der Waals surface area contributed by atoms with E-state index in [0.717, 1.165) is 0 Å². The molecule has 0 aliphatic heterocycles. The van der Waals surface area contributed by atoms with Gasteiger partial charge in [0.2, 0.25) is 5.91 Å². The monoisotopic (exact) mass is 381 g/mol. The molecule has 0 heterocycles. The highest BCUT2D eigenvalue weighted by atomic mass is 16.1. The summed E-state index contributed by atoms with van der Waals surface area (Å²) in [6, 6.07) is 0. The Morgan fingerprint density at radius 3 is 1.22 bits per heavy atom. The number of rotatable bonds is 20. The minimum absolute atomic E-state index is 0.119. The Bertz CT molecular complexity index is 317. The summed E-state index contributed by atoms with van der Waals surface area (Å²) >= 11 is 0. The Kier molecular flexibility index (Phi) is 17.2. The van der Waals surface area contributed by atoms with Gasteiger partial charge in [-0.2, -0.15) is 0 Å². The zero-order chi connectivity index (χ0) is 20.4. The summed E-state index contributed by atoms with van der Waals surface area (Å²) in [4.78, 5) is 12.0. The molecule has 2 nitrogen and oxygen atoms in total. The van der Waals surface area contributed by atoms with Gasteiger partial charge in [0.15, 0.2) is 0 Å². The number of unbranched alkanes of at least 4 members (excludes halogenated alkanes) is 14. The molecule has 0 aromatic rings. The van der Waals surface area contributed by atoms with Crippen LogP contribution in [0.25, 0.3) is 0 Å². The van der Waals surface area contributed by atoms with Crippen LogP contribution in [0.1, 0.15) is 143 Å². The molecule has 2 heteroatoms. The quantitative estimate of drug-likeness (QED) is 0.212. The second-order valence-electron chi connectivity index (χ2n) is 9.31. The van der Waals surface area contributed by atoms with Gasteiger partial charge in [0.25, 0.3) is 0 Å². The molecule has 0 saturated carbocycles. The fraction of sp³-hybridized carbons (Fsp3) is 0.960. The maximum Gasteiger partial charge on any atom is 0.223 e. The van der Waals surface area contributed by atoms with Crippen molar-refractivity contribution >= 4 is 5.91 Å². The van der Waals surface area contributed by atoms with Crippen molar-refractivity contribution in [2.75, 3.05) is 0 Å². The van der Waals surface area contributed by atoms with Gasteiger partial charge in [-0.25, -0.2) is 0 Å². The van der Waals surface area contributed by atoms with Gasteiger partial charge in [0, 0.05) is 5.41 Å². The lowest BCUT2D eigenvalue weighted by Gasteiger charge is -2.32. The van der Waals surface area contributed by atoms with Crippen molar-refractivity contribution < 1.29 is 4.79 Å². The second-order valence-corrected chi connectivity index (χ2v) is 9.31. The molecule has 0 rings (SSSR count). The molecule has 0 aliphatic rings. The normalized spacial score (nSPS) is 12.0.